The lowest BCUT2D eigenvalue weighted by Crippen LogP contribution is -2.07. The van der Waals surface area contributed by atoms with Crippen LogP contribution >= 0.6 is 0 Å². The van der Waals surface area contributed by atoms with Crippen molar-refractivity contribution in [2.24, 2.45) is 0 Å². The summed E-state index contributed by atoms with van der Waals surface area (Å²) in [6, 6.07) is 8.92. The summed E-state index contributed by atoms with van der Waals surface area (Å²) in [5, 5.41) is 7.49. The Bertz CT molecular complexity index is 538. The Morgan fingerprint density at radius 3 is 2.44 bits per heavy atom. The first-order valence-corrected chi connectivity index (χ1v) is 5.34. The van der Waals surface area contributed by atoms with Crippen molar-refractivity contribution in [2.75, 3.05) is 7.11 Å². The van der Waals surface area contributed by atoms with Gasteiger partial charge in [-0.15, -0.1) is 10.2 Å². The fraction of sp³-hybridized carbons (Fsp3) is 0.154. The Balaban J connectivity index is 2.09. The molecule has 0 spiro atoms. The summed E-state index contributed by atoms with van der Waals surface area (Å²) in [5.74, 6) is -0.138. The Labute approximate surface area is 103 Å². The first kappa shape index (κ1) is 12.2. The van der Waals surface area contributed by atoms with Crippen LogP contribution in [0.2, 0.25) is 0 Å². The smallest absolute Gasteiger partial charge is 0.233 e. The number of halogens is 1. The molecule has 0 atom stereocenters. The van der Waals surface area contributed by atoms with Crippen molar-refractivity contribution < 1.29 is 13.9 Å². The van der Waals surface area contributed by atoms with Gasteiger partial charge >= 0.3 is 0 Å². The average Bonchev–Trinajstić information content (AvgIpc) is 2.41. The highest BCUT2D eigenvalue weighted by Gasteiger charge is 2.09. The maximum absolute atomic E-state index is 12.7. The van der Waals surface area contributed by atoms with Crippen molar-refractivity contribution in [3.05, 3.63) is 53.5 Å². The lowest BCUT2D eigenvalue weighted by atomic mass is 10.1. The quantitative estimate of drug-likeness (QED) is 0.775. The van der Waals surface area contributed by atoms with Gasteiger partial charge < -0.3 is 4.74 Å². The second-order valence-electron chi connectivity index (χ2n) is 3.69. The molecular formula is C13H11FN2O2. The predicted molar refractivity (Wildman–Crippen MR) is 63.0 cm³/mol. The molecule has 0 aliphatic heterocycles. The van der Waals surface area contributed by atoms with Crippen molar-refractivity contribution in [1.29, 1.82) is 0 Å². The first-order chi connectivity index (χ1) is 8.69. The van der Waals surface area contributed by atoms with E-state index in [1.165, 1.54) is 19.2 Å². The monoisotopic (exact) mass is 246 g/mol. The Morgan fingerprint density at radius 1 is 1.17 bits per heavy atom. The van der Waals surface area contributed by atoms with Gasteiger partial charge in [0.2, 0.25) is 5.88 Å². The normalized spacial score (nSPS) is 10.1. The highest BCUT2D eigenvalue weighted by Crippen LogP contribution is 2.09. The van der Waals surface area contributed by atoms with Crippen LogP contribution in [0.3, 0.4) is 0 Å². The largest absolute Gasteiger partial charge is 0.480 e. The Kier molecular flexibility index (Phi) is 3.62. The number of benzene rings is 1. The minimum atomic E-state index is -0.324. The summed E-state index contributed by atoms with van der Waals surface area (Å²) in [6.07, 6.45) is 0.168. The van der Waals surface area contributed by atoms with Crippen LogP contribution in [0.5, 0.6) is 5.88 Å². The number of hydrogen-bond acceptors (Lipinski definition) is 4. The second-order valence-corrected chi connectivity index (χ2v) is 3.69. The zero-order valence-electron chi connectivity index (χ0n) is 9.76. The molecule has 1 aromatic heterocycles. The highest BCUT2D eigenvalue weighted by atomic mass is 19.1. The maximum Gasteiger partial charge on any atom is 0.233 e. The zero-order valence-corrected chi connectivity index (χ0v) is 9.76. The van der Waals surface area contributed by atoms with E-state index < -0.39 is 0 Å². The molecular weight excluding hydrogens is 235 g/mol. The zero-order chi connectivity index (χ0) is 13.0. The highest BCUT2D eigenvalue weighted by molar-refractivity contribution is 5.95. The molecule has 0 fully saturated rings. The molecule has 0 saturated heterocycles. The van der Waals surface area contributed by atoms with Gasteiger partial charge in [0.15, 0.2) is 5.78 Å². The van der Waals surface area contributed by atoms with Crippen molar-refractivity contribution in [1.82, 2.24) is 10.2 Å². The van der Waals surface area contributed by atoms with Crippen LogP contribution in [0.4, 0.5) is 4.39 Å². The van der Waals surface area contributed by atoms with Gasteiger partial charge in [0.05, 0.1) is 7.11 Å². The van der Waals surface area contributed by atoms with E-state index in [9.17, 15) is 9.18 Å². The number of Topliss-reactive ketones (excluding diaryl/α,β-unsaturated/α-hetero) is 1. The van der Waals surface area contributed by atoms with E-state index >= 15 is 0 Å². The lowest BCUT2D eigenvalue weighted by Gasteiger charge is -2.01. The number of carbonyl (C=O) groups is 1. The summed E-state index contributed by atoms with van der Waals surface area (Å²) in [5.41, 5.74) is 0.999. The van der Waals surface area contributed by atoms with E-state index in [-0.39, 0.29) is 23.7 Å². The van der Waals surface area contributed by atoms with E-state index in [0.29, 0.717) is 5.88 Å². The number of rotatable bonds is 4. The molecule has 2 aromatic rings. The second kappa shape index (κ2) is 5.35. The average molecular weight is 246 g/mol. The fourth-order valence-electron chi connectivity index (χ4n) is 1.46. The van der Waals surface area contributed by atoms with Gasteiger partial charge in [-0.05, 0) is 23.8 Å². The molecule has 1 heterocycles. The molecule has 0 bridgehead atoms. The van der Waals surface area contributed by atoms with Crippen molar-refractivity contribution in [2.45, 2.75) is 6.42 Å². The Hall–Kier alpha value is -2.30. The maximum atomic E-state index is 12.7. The number of methoxy groups -OCH3 is 1. The van der Waals surface area contributed by atoms with Crippen LogP contribution in [0.1, 0.15) is 16.1 Å². The molecule has 5 heteroatoms. The van der Waals surface area contributed by atoms with Crippen LogP contribution in [0.15, 0.2) is 36.4 Å². The first-order valence-electron chi connectivity index (χ1n) is 5.34. The Morgan fingerprint density at radius 2 is 1.89 bits per heavy atom. The number of carbonyl (C=O) groups excluding carboxylic acids is 1. The molecule has 92 valence electrons. The summed E-state index contributed by atoms with van der Waals surface area (Å²) < 4.78 is 17.6. The van der Waals surface area contributed by atoms with Crippen molar-refractivity contribution >= 4 is 5.78 Å². The SMILES string of the molecule is COc1ccc(C(=O)Cc2ccc(F)cc2)nn1. The molecule has 0 aliphatic carbocycles. The number of hydrogen-bond donors (Lipinski definition) is 0. The van der Waals surface area contributed by atoms with Crippen LogP contribution in [0, 0.1) is 5.82 Å². The summed E-state index contributed by atoms with van der Waals surface area (Å²) in [6.45, 7) is 0. The summed E-state index contributed by atoms with van der Waals surface area (Å²) in [4.78, 5) is 11.9. The molecule has 0 amide bonds. The van der Waals surface area contributed by atoms with Crippen molar-refractivity contribution in [3.63, 3.8) is 0 Å². The third-order valence-electron chi connectivity index (χ3n) is 2.41. The minimum Gasteiger partial charge on any atom is -0.480 e. The fourth-order valence-corrected chi connectivity index (χ4v) is 1.46. The van der Waals surface area contributed by atoms with Crippen LogP contribution in [-0.4, -0.2) is 23.1 Å². The van der Waals surface area contributed by atoms with E-state index in [4.69, 9.17) is 4.74 Å². The molecule has 0 unspecified atom stereocenters. The van der Waals surface area contributed by atoms with E-state index in [1.807, 2.05) is 0 Å². The number of ether oxygens (including phenoxy) is 1. The van der Waals surface area contributed by atoms with E-state index in [1.54, 1.807) is 24.3 Å². The van der Waals surface area contributed by atoms with Crippen LogP contribution in [-0.2, 0) is 6.42 Å². The lowest BCUT2D eigenvalue weighted by molar-refractivity contribution is 0.0987. The van der Waals surface area contributed by atoms with Gasteiger partial charge in [0.1, 0.15) is 11.5 Å². The topological polar surface area (TPSA) is 52.1 Å². The molecule has 1 aromatic carbocycles. The predicted octanol–water partition coefficient (Wildman–Crippen LogP) is 2.05. The van der Waals surface area contributed by atoms with Gasteiger partial charge in [-0.3, -0.25) is 4.79 Å². The molecule has 0 saturated carbocycles. The molecule has 2 rings (SSSR count). The van der Waals surface area contributed by atoms with Crippen LogP contribution in [0.25, 0.3) is 0 Å². The summed E-state index contributed by atoms with van der Waals surface area (Å²) in [7, 11) is 1.48. The standard InChI is InChI=1S/C13H11FN2O2/c1-18-13-7-6-11(15-16-13)12(17)8-9-2-4-10(14)5-3-9/h2-7H,8H2,1H3. The molecule has 0 radical (unpaired) electrons. The summed E-state index contributed by atoms with van der Waals surface area (Å²) >= 11 is 0. The third kappa shape index (κ3) is 2.88. The van der Waals surface area contributed by atoms with E-state index in [2.05, 4.69) is 10.2 Å². The van der Waals surface area contributed by atoms with Crippen LogP contribution < -0.4 is 4.74 Å². The van der Waals surface area contributed by atoms with Gasteiger partial charge in [-0.1, -0.05) is 12.1 Å². The third-order valence-corrected chi connectivity index (χ3v) is 2.41. The van der Waals surface area contributed by atoms with Gasteiger partial charge in [-0.25, -0.2) is 4.39 Å². The van der Waals surface area contributed by atoms with Gasteiger partial charge in [0, 0.05) is 12.5 Å². The van der Waals surface area contributed by atoms with Gasteiger partial charge in [-0.2, -0.15) is 0 Å². The van der Waals surface area contributed by atoms with E-state index in [0.717, 1.165) is 5.56 Å². The molecule has 4 nitrogen and oxygen atoms in total. The van der Waals surface area contributed by atoms with Crippen molar-refractivity contribution in [3.8, 4) is 5.88 Å². The van der Waals surface area contributed by atoms with Gasteiger partial charge in [0.25, 0.3) is 0 Å². The molecule has 0 N–H and O–H groups in total. The number of ketones is 1. The molecule has 18 heavy (non-hydrogen) atoms. The minimum absolute atomic E-state index is 0.168. The number of aromatic nitrogens is 2. The number of nitrogens with zero attached hydrogens (tertiary/aromatic N) is 2. The molecule has 0 aliphatic rings.